The van der Waals surface area contributed by atoms with E-state index in [1.54, 1.807) is 0 Å². The number of fused-ring (bicyclic) bond motifs is 4. The van der Waals surface area contributed by atoms with Crippen LogP contribution >= 0.6 is 12.4 Å². The van der Waals surface area contributed by atoms with Crippen LogP contribution in [0.15, 0.2) is 97.1 Å². The summed E-state index contributed by atoms with van der Waals surface area (Å²) in [6.45, 7) is 0. The number of nitrogens with one attached hydrogen (secondary N) is 2. The van der Waals surface area contributed by atoms with Gasteiger partial charge in [0.1, 0.15) is 0 Å². The standard InChI is InChI=1S/2C14H11N.ClH/c2*1-3-7-13-11(5-1)9-10-12-6-2-4-8-14(12)15-13;/h2*1-10,15H;1H. The SMILES string of the molecule is C1=Cc2ccccc2Nc2ccccc21.C1=Cc2ccccc2Nc2ccccc21.Cl. The van der Waals surface area contributed by atoms with E-state index in [9.17, 15) is 0 Å². The van der Waals surface area contributed by atoms with Crippen LogP contribution < -0.4 is 10.6 Å². The van der Waals surface area contributed by atoms with Gasteiger partial charge in [0.05, 0.1) is 0 Å². The summed E-state index contributed by atoms with van der Waals surface area (Å²) >= 11 is 0. The molecule has 0 aromatic heterocycles. The zero-order chi connectivity index (χ0) is 20.2. The minimum Gasteiger partial charge on any atom is -0.355 e. The number of hydrogen-bond donors (Lipinski definition) is 2. The van der Waals surface area contributed by atoms with Crippen molar-refractivity contribution in [3.8, 4) is 0 Å². The fourth-order valence-corrected chi connectivity index (χ4v) is 3.67. The Hall–Kier alpha value is -3.75. The number of benzene rings is 4. The van der Waals surface area contributed by atoms with Gasteiger partial charge in [0.15, 0.2) is 0 Å². The average molecular weight is 423 g/mol. The molecule has 4 aromatic carbocycles. The molecule has 0 aliphatic carbocycles. The molecule has 2 aliphatic heterocycles. The van der Waals surface area contributed by atoms with Crippen molar-refractivity contribution in [1.29, 1.82) is 0 Å². The molecule has 0 saturated carbocycles. The van der Waals surface area contributed by atoms with E-state index in [4.69, 9.17) is 0 Å². The van der Waals surface area contributed by atoms with Crippen molar-refractivity contribution >= 4 is 59.5 Å². The van der Waals surface area contributed by atoms with Gasteiger partial charge in [-0.15, -0.1) is 12.4 Å². The number of rotatable bonds is 0. The maximum Gasteiger partial charge on any atom is 0.0457 e. The Morgan fingerprint density at radius 3 is 0.806 bits per heavy atom. The summed E-state index contributed by atoms with van der Waals surface area (Å²) in [5.74, 6) is 0. The smallest absolute Gasteiger partial charge is 0.0457 e. The number of anilines is 4. The highest BCUT2D eigenvalue weighted by molar-refractivity contribution is 5.88. The van der Waals surface area contributed by atoms with E-state index < -0.39 is 0 Å². The second-order valence-corrected chi connectivity index (χ2v) is 7.27. The first-order valence-corrected chi connectivity index (χ1v) is 10.1. The molecule has 2 aliphatic rings. The van der Waals surface area contributed by atoms with Crippen molar-refractivity contribution in [2.24, 2.45) is 0 Å². The monoisotopic (exact) mass is 422 g/mol. The topological polar surface area (TPSA) is 24.1 Å². The molecule has 0 atom stereocenters. The summed E-state index contributed by atoms with van der Waals surface area (Å²) < 4.78 is 0. The molecule has 4 aromatic rings. The summed E-state index contributed by atoms with van der Waals surface area (Å²) in [5, 5.41) is 6.88. The Morgan fingerprint density at radius 1 is 0.323 bits per heavy atom. The normalized spacial score (nSPS) is 11.9. The number of para-hydroxylation sites is 4. The van der Waals surface area contributed by atoms with Crippen LogP contribution in [0.1, 0.15) is 22.3 Å². The van der Waals surface area contributed by atoms with Gasteiger partial charge in [0.2, 0.25) is 0 Å². The molecule has 2 heterocycles. The predicted molar refractivity (Wildman–Crippen MR) is 137 cm³/mol. The molecule has 152 valence electrons. The zero-order valence-electron chi connectivity index (χ0n) is 17.0. The Balaban J connectivity index is 0.000000144. The van der Waals surface area contributed by atoms with Crippen molar-refractivity contribution in [2.45, 2.75) is 0 Å². The van der Waals surface area contributed by atoms with Gasteiger partial charge in [-0.2, -0.15) is 0 Å². The molecule has 2 nitrogen and oxygen atoms in total. The van der Waals surface area contributed by atoms with Crippen LogP contribution in [0, 0.1) is 0 Å². The summed E-state index contributed by atoms with van der Waals surface area (Å²) in [7, 11) is 0. The van der Waals surface area contributed by atoms with E-state index in [0.717, 1.165) is 0 Å². The van der Waals surface area contributed by atoms with E-state index >= 15 is 0 Å². The molecule has 0 radical (unpaired) electrons. The molecule has 31 heavy (non-hydrogen) atoms. The van der Waals surface area contributed by atoms with Crippen LogP contribution in [0.3, 0.4) is 0 Å². The minimum atomic E-state index is 0. The molecule has 0 unspecified atom stereocenters. The van der Waals surface area contributed by atoms with Crippen LogP contribution in [0.5, 0.6) is 0 Å². The Morgan fingerprint density at radius 2 is 0.548 bits per heavy atom. The Labute approximate surface area is 189 Å². The fraction of sp³-hybridized carbons (Fsp3) is 0. The quantitative estimate of drug-likeness (QED) is 0.257. The summed E-state index contributed by atoms with van der Waals surface area (Å²) in [4.78, 5) is 0. The summed E-state index contributed by atoms with van der Waals surface area (Å²) in [5.41, 5.74) is 9.58. The maximum absolute atomic E-state index is 3.44. The molecular formula is C28H23ClN2. The molecular weight excluding hydrogens is 400 g/mol. The van der Waals surface area contributed by atoms with Crippen molar-refractivity contribution in [2.75, 3.05) is 10.6 Å². The number of halogens is 1. The lowest BCUT2D eigenvalue weighted by Gasteiger charge is -2.08. The first kappa shape index (κ1) is 20.5. The highest BCUT2D eigenvalue weighted by Crippen LogP contribution is 2.30. The fourth-order valence-electron chi connectivity index (χ4n) is 3.67. The van der Waals surface area contributed by atoms with Crippen molar-refractivity contribution in [3.63, 3.8) is 0 Å². The van der Waals surface area contributed by atoms with Crippen LogP contribution in [0.4, 0.5) is 22.7 Å². The molecule has 0 bridgehead atoms. The second-order valence-electron chi connectivity index (χ2n) is 7.27. The average Bonchev–Trinajstić information content (AvgIpc) is 3.11. The van der Waals surface area contributed by atoms with Gasteiger partial charge in [-0.1, -0.05) is 97.1 Å². The largest absolute Gasteiger partial charge is 0.355 e. The van der Waals surface area contributed by atoms with E-state index in [1.807, 2.05) is 24.3 Å². The minimum absolute atomic E-state index is 0. The van der Waals surface area contributed by atoms with Crippen molar-refractivity contribution in [3.05, 3.63) is 119 Å². The van der Waals surface area contributed by atoms with Gasteiger partial charge < -0.3 is 10.6 Å². The van der Waals surface area contributed by atoms with Gasteiger partial charge in [-0.05, 0) is 46.5 Å². The maximum atomic E-state index is 3.44. The molecule has 3 heteroatoms. The van der Waals surface area contributed by atoms with Crippen molar-refractivity contribution < 1.29 is 0 Å². The van der Waals surface area contributed by atoms with E-state index in [1.165, 1.54) is 45.0 Å². The van der Waals surface area contributed by atoms with Gasteiger partial charge in [-0.25, -0.2) is 0 Å². The van der Waals surface area contributed by atoms with Crippen molar-refractivity contribution in [1.82, 2.24) is 0 Å². The van der Waals surface area contributed by atoms with Crippen LogP contribution in [0.25, 0.3) is 24.3 Å². The lowest BCUT2D eigenvalue weighted by molar-refractivity contribution is 1.53. The second kappa shape index (κ2) is 9.38. The first-order chi connectivity index (χ1) is 14.9. The highest BCUT2D eigenvalue weighted by Gasteiger charge is 2.07. The zero-order valence-corrected chi connectivity index (χ0v) is 17.8. The molecule has 0 amide bonds. The predicted octanol–water partition coefficient (Wildman–Crippen LogP) is 8.25. The van der Waals surface area contributed by atoms with Gasteiger partial charge >= 0.3 is 0 Å². The summed E-state index contributed by atoms with van der Waals surface area (Å²) in [6.07, 6.45) is 8.59. The van der Waals surface area contributed by atoms with Gasteiger partial charge in [0, 0.05) is 22.7 Å². The van der Waals surface area contributed by atoms with E-state index in [2.05, 4.69) is 108 Å². The van der Waals surface area contributed by atoms with Crippen LogP contribution in [0.2, 0.25) is 0 Å². The van der Waals surface area contributed by atoms with E-state index in [0.29, 0.717) is 0 Å². The molecule has 2 N–H and O–H groups in total. The van der Waals surface area contributed by atoms with Crippen LogP contribution in [-0.4, -0.2) is 0 Å². The molecule has 0 saturated heterocycles. The third kappa shape index (κ3) is 4.55. The third-order valence-corrected chi connectivity index (χ3v) is 5.27. The first-order valence-electron chi connectivity index (χ1n) is 10.1. The van der Waals surface area contributed by atoms with Gasteiger partial charge in [-0.3, -0.25) is 0 Å². The summed E-state index contributed by atoms with van der Waals surface area (Å²) in [6, 6.07) is 33.3. The molecule has 6 rings (SSSR count). The highest BCUT2D eigenvalue weighted by atomic mass is 35.5. The van der Waals surface area contributed by atoms with Crippen LogP contribution in [-0.2, 0) is 0 Å². The van der Waals surface area contributed by atoms with Gasteiger partial charge in [0.25, 0.3) is 0 Å². The number of hydrogen-bond acceptors (Lipinski definition) is 2. The lowest BCUT2D eigenvalue weighted by Crippen LogP contribution is -1.92. The Bertz CT molecular complexity index is 1060. The molecule has 0 fully saturated rings. The molecule has 0 spiro atoms. The lowest BCUT2D eigenvalue weighted by atomic mass is 10.1. The van der Waals surface area contributed by atoms with E-state index in [-0.39, 0.29) is 12.4 Å². The third-order valence-electron chi connectivity index (χ3n) is 5.27. The Kier molecular flexibility index (Phi) is 6.21.